The number of amides is 2. The molecule has 0 aromatic heterocycles. The summed E-state index contributed by atoms with van der Waals surface area (Å²) in [4.78, 5) is 27.0. The Hall–Kier alpha value is -2.14. The van der Waals surface area contributed by atoms with Crippen LogP contribution in [0.1, 0.15) is 37.4 Å². The first-order valence-electron chi connectivity index (χ1n) is 8.93. The number of carbonyl (C=O) groups excluding carboxylic acids is 2. The number of carbonyl (C=O) groups is 2. The van der Waals surface area contributed by atoms with E-state index in [0.29, 0.717) is 6.54 Å². The van der Waals surface area contributed by atoms with Crippen LogP contribution in [0.25, 0.3) is 0 Å². The second-order valence-electron chi connectivity index (χ2n) is 6.68. The molecule has 0 saturated carbocycles. The van der Waals surface area contributed by atoms with Crippen LogP contribution in [0.15, 0.2) is 53.0 Å². The summed E-state index contributed by atoms with van der Waals surface area (Å²) in [6.07, 6.45) is 1.09. The maximum Gasteiger partial charge on any atom is 0.229 e. The van der Waals surface area contributed by atoms with Gasteiger partial charge in [-0.25, -0.2) is 0 Å². The van der Waals surface area contributed by atoms with E-state index in [1.165, 1.54) is 0 Å². The SMILES string of the molecule is CCc1cc(Br)ccc1NC(=O)[C@@H]1CC(=O)N([C@H](C)c2ccccc2)C1. The number of hydrogen-bond donors (Lipinski definition) is 1. The minimum Gasteiger partial charge on any atom is -0.335 e. The van der Waals surface area contributed by atoms with Crippen LogP contribution in [0.4, 0.5) is 5.69 Å². The lowest BCUT2D eigenvalue weighted by Gasteiger charge is -2.25. The second-order valence-corrected chi connectivity index (χ2v) is 7.59. The first-order chi connectivity index (χ1) is 12.5. The van der Waals surface area contributed by atoms with Gasteiger partial charge in [-0.05, 0) is 42.7 Å². The van der Waals surface area contributed by atoms with Gasteiger partial charge in [0.05, 0.1) is 12.0 Å². The second kappa shape index (κ2) is 8.04. The molecule has 0 aliphatic carbocycles. The number of benzene rings is 2. The molecule has 1 aliphatic heterocycles. The van der Waals surface area contributed by atoms with Crippen LogP contribution in [0.3, 0.4) is 0 Å². The van der Waals surface area contributed by atoms with Crippen molar-refractivity contribution in [2.75, 3.05) is 11.9 Å². The Kier molecular flexibility index (Phi) is 5.77. The van der Waals surface area contributed by atoms with Gasteiger partial charge in [0.25, 0.3) is 0 Å². The predicted octanol–water partition coefficient (Wildman–Crippen LogP) is 4.56. The first kappa shape index (κ1) is 18.6. The van der Waals surface area contributed by atoms with Crippen LogP contribution in [-0.2, 0) is 16.0 Å². The Morgan fingerprint density at radius 1 is 1.27 bits per heavy atom. The quantitative estimate of drug-likeness (QED) is 0.779. The molecule has 5 heteroatoms. The van der Waals surface area contributed by atoms with Crippen molar-refractivity contribution in [3.05, 3.63) is 64.1 Å². The highest BCUT2D eigenvalue weighted by Crippen LogP contribution is 2.30. The van der Waals surface area contributed by atoms with Crippen molar-refractivity contribution in [3.63, 3.8) is 0 Å². The lowest BCUT2D eigenvalue weighted by atomic mass is 10.1. The van der Waals surface area contributed by atoms with Gasteiger partial charge in [0, 0.05) is 23.1 Å². The zero-order valence-corrected chi connectivity index (χ0v) is 16.6. The van der Waals surface area contributed by atoms with Crippen LogP contribution in [0, 0.1) is 5.92 Å². The summed E-state index contributed by atoms with van der Waals surface area (Å²) >= 11 is 3.46. The molecule has 2 aromatic rings. The highest BCUT2D eigenvalue weighted by molar-refractivity contribution is 9.10. The van der Waals surface area contributed by atoms with Gasteiger partial charge in [-0.1, -0.05) is 53.2 Å². The molecule has 2 atom stereocenters. The molecular formula is C21H23BrN2O2. The third-order valence-electron chi connectivity index (χ3n) is 4.98. The molecule has 2 amide bonds. The van der Waals surface area contributed by atoms with Gasteiger partial charge in [-0.3, -0.25) is 9.59 Å². The molecule has 0 unspecified atom stereocenters. The van der Waals surface area contributed by atoms with E-state index in [-0.39, 0.29) is 30.2 Å². The van der Waals surface area contributed by atoms with E-state index in [1.54, 1.807) is 0 Å². The largest absolute Gasteiger partial charge is 0.335 e. The Balaban J connectivity index is 1.69. The van der Waals surface area contributed by atoms with E-state index in [0.717, 1.165) is 27.7 Å². The molecule has 136 valence electrons. The van der Waals surface area contributed by atoms with Crippen molar-refractivity contribution >= 4 is 33.4 Å². The molecule has 1 fully saturated rings. The molecule has 0 radical (unpaired) electrons. The van der Waals surface area contributed by atoms with Crippen molar-refractivity contribution in [2.24, 2.45) is 5.92 Å². The minimum atomic E-state index is -0.318. The van der Waals surface area contributed by atoms with E-state index in [4.69, 9.17) is 0 Å². The van der Waals surface area contributed by atoms with Gasteiger partial charge >= 0.3 is 0 Å². The fourth-order valence-corrected chi connectivity index (χ4v) is 3.81. The smallest absolute Gasteiger partial charge is 0.229 e. The van der Waals surface area contributed by atoms with E-state index < -0.39 is 0 Å². The average molecular weight is 415 g/mol. The number of halogens is 1. The van der Waals surface area contributed by atoms with Gasteiger partial charge in [-0.2, -0.15) is 0 Å². The molecule has 1 aliphatic rings. The van der Waals surface area contributed by atoms with Gasteiger partial charge in [0.15, 0.2) is 0 Å². The lowest BCUT2D eigenvalue weighted by molar-refractivity contribution is -0.129. The van der Waals surface area contributed by atoms with Gasteiger partial charge in [0.2, 0.25) is 11.8 Å². The number of likely N-dealkylation sites (tertiary alicyclic amines) is 1. The third kappa shape index (κ3) is 3.98. The Morgan fingerprint density at radius 3 is 2.69 bits per heavy atom. The third-order valence-corrected chi connectivity index (χ3v) is 5.48. The zero-order chi connectivity index (χ0) is 18.7. The highest BCUT2D eigenvalue weighted by atomic mass is 79.9. The van der Waals surface area contributed by atoms with Crippen molar-refractivity contribution in [3.8, 4) is 0 Å². The van der Waals surface area contributed by atoms with E-state index in [1.807, 2.05) is 60.4 Å². The number of aryl methyl sites for hydroxylation is 1. The molecule has 1 heterocycles. The maximum absolute atomic E-state index is 12.7. The molecule has 1 N–H and O–H groups in total. The van der Waals surface area contributed by atoms with Crippen LogP contribution in [0.5, 0.6) is 0 Å². The summed E-state index contributed by atoms with van der Waals surface area (Å²) < 4.78 is 0.992. The number of nitrogens with one attached hydrogen (secondary N) is 1. The highest BCUT2D eigenvalue weighted by Gasteiger charge is 2.37. The van der Waals surface area contributed by atoms with Crippen LogP contribution >= 0.6 is 15.9 Å². The summed E-state index contributed by atoms with van der Waals surface area (Å²) in [5, 5.41) is 3.01. The van der Waals surface area contributed by atoms with Crippen LogP contribution in [0.2, 0.25) is 0 Å². The zero-order valence-electron chi connectivity index (χ0n) is 15.0. The molecule has 26 heavy (non-hydrogen) atoms. The fraction of sp³-hybridized carbons (Fsp3) is 0.333. The molecule has 0 bridgehead atoms. The fourth-order valence-electron chi connectivity index (χ4n) is 3.40. The van der Waals surface area contributed by atoms with E-state index in [2.05, 4.69) is 28.2 Å². The summed E-state index contributed by atoms with van der Waals surface area (Å²) in [5.74, 6) is -0.367. The molecule has 4 nitrogen and oxygen atoms in total. The molecule has 2 aromatic carbocycles. The standard InChI is InChI=1S/C21H23BrN2O2/c1-3-15-11-18(22)9-10-19(15)23-21(26)17-12-20(25)24(13-17)14(2)16-7-5-4-6-8-16/h4-11,14,17H,3,12-13H2,1-2H3,(H,23,26)/t14-,17-/m1/s1. The van der Waals surface area contributed by atoms with E-state index >= 15 is 0 Å². The van der Waals surface area contributed by atoms with Crippen molar-refractivity contribution in [2.45, 2.75) is 32.7 Å². The van der Waals surface area contributed by atoms with Crippen molar-refractivity contribution in [1.82, 2.24) is 4.90 Å². The van der Waals surface area contributed by atoms with Crippen molar-refractivity contribution < 1.29 is 9.59 Å². The number of anilines is 1. The Bertz CT molecular complexity index is 807. The summed E-state index contributed by atoms with van der Waals surface area (Å²) in [7, 11) is 0. The number of hydrogen-bond acceptors (Lipinski definition) is 2. The number of nitrogens with zero attached hydrogens (tertiary/aromatic N) is 1. The van der Waals surface area contributed by atoms with Crippen LogP contribution < -0.4 is 5.32 Å². The Morgan fingerprint density at radius 2 is 2.00 bits per heavy atom. The first-order valence-corrected chi connectivity index (χ1v) is 9.72. The monoisotopic (exact) mass is 414 g/mol. The van der Waals surface area contributed by atoms with Gasteiger partial charge in [-0.15, -0.1) is 0 Å². The lowest BCUT2D eigenvalue weighted by Crippen LogP contribution is -2.30. The van der Waals surface area contributed by atoms with Crippen LogP contribution in [-0.4, -0.2) is 23.3 Å². The predicted molar refractivity (Wildman–Crippen MR) is 107 cm³/mol. The summed E-state index contributed by atoms with van der Waals surface area (Å²) in [6.45, 7) is 4.52. The van der Waals surface area contributed by atoms with Gasteiger partial charge < -0.3 is 10.2 Å². The topological polar surface area (TPSA) is 49.4 Å². The Labute approximate surface area is 162 Å². The van der Waals surface area contributed by atoms with Crippen molar-refractivity contribution in [1.29, 1.82) is 0 Å². The summed E-state index contributed by atoms with van der Waals surface area (Å²) in [5.41, 5.74) is 2.98. The molecule has 1 saturated heterocycles. The molecule has 0 spiro atoms. The molecular weight excluding hydrogens is 392 g/mol. The average Bonchev–Trinajstić information content (AvgIpc) is 3.05. The number of rotatable bonds is 5. The molecule has 3 rings (SSSR count). The normalized spacial score (nSPS) is 18.0. The van der Waals surface area contributed by atoms with E-state index in [9.17, 15) is 9.59 Å². The van der Waals surface area contributed by atoms with Gasteiger partial charge in [0.1, 0.15) is 0 Å². The summed E-state index contributed by atoms with van der Waals surface area (Å²) in [6, 6.07) is 15.7. The minimum absolute atomic E-state index is 0.0274. The maximum atomic E-state index is 12.7.